The number of hydrogen-bond donors (Lipinski definition) is 1. The van der Waals surface area contributed by atoms with Gasteiger partial charge < -0.3 is 5.32 Å². The number of hydrogen-bond acceptors (Lipinski definition) is 3. The average Bonchev–Trinajstić information content (AvgIpc) is 3.16. The predicted molar refractivity (Wildman–Crippen MR) is 118 cm³/mol. The van der Waals surface area contributed by atoms with Crippen molar-refractivity contribution in [3.8, 4) is 0 Å². The zero-order chi connectivity index (χ0) is 21.3. The molecule has 4 rings (SSSR count). The molecule has 0 radical (unpaired) electrons. The van der Waals surface area contributed by atoms with Crippen LogP contribution in [0.2, 0.25) is 0 Å². The summed E-state index contributed by atoms with van der Waals surface area (Å²) in [5.74, 6) is -0.167. The fourth-order valence-electron chi connectivity index (χ4n) is 3.71. The number of amides is 1. The van der Waals surface area contributed by atoms with Crippen LogP contribution in [0, 0.1) is 13.8 Å². The first-order valence-corrected chi connectivity index (χ1v) is 11.3. The third kappa shape index (κ3) is 3.96. The van der Waals surface area contributed by atoms with E-state index in [0.717, 1.165) is 22.3 Å². The summed E-state index contributed by atoms with van der Waals surface area (Å²) in [6.07, 6.45) is 0.583. The Kier molecular flexibility index (Phi) is 5.35. The molecule has 0 atom stereocenters. The van der Waals surface area contributed by atoms with E-state index in [0.29, 0.717) is 30.8 Å². The fraction of sp³-hybridized carbons (Fsp3) is 0.208. The summed E-state index contributed by atoms with van der Waals surface area (Å²) in [5.41, 5.74) is 5.25. The molecule has 30 heavy (non-hydrogen) atoms. The van der Waals surface area contributed by atoms with Gasteiger partial charge in [0.05, 0.1) is 10.6 Å². The third-order valence-electron chi connectivity index (χ3n) is 5.34. The van der Waals surface area contributed by atoms with E-state index in [1.807, 2.05) is 38.1 Å². The molecule has 0 spiro atoms. The second kappa shape index (κ2) is 7.95. The lowest BCUT2D eigenvalue weighted by Crippen LogP contribution is -2.29. The molecule has 3 aromatic rings. The van der Waals surface area contributed by atoms with E-state index in [1.54, 1.807) is 42.5 Å². The average molecular weight is 421 g/mol. The first-order valence-electron chi connectivity index (χ1n) is 9.91. The van der Waals surface area contributed by atoms with Crippen molar-refractivity contribution < 1.29 is 13.2 Å². The zero-order valence-corrected chi connectivity index (χ0v) is 17.9. The predicted octanol–water partition coefficient (Wildman–Crippen LogP) is 3.98. The molecule has 0 bridgehead atoms. The largest absolute Gasteiger partial charge is 0.348 e. The molecule has 5 nitrogen and oxygen atoms in total. The molecule has 0 aromatic heterocycles. The zero-order valence-electron chi connectivity index (χ0n) is 17.1. The topological polar surface area (TPSA) is 66.5 Å². The fourth-order valence-corrected chi connectivity index (χ4v) is 5.21. The summed E-state index contributed by atoms with van der Waals surface area (Å²) in [6.45, 7) is 4.76. The van der Waals surface area contributed by atoms with E-state index in [4.69, 9.17) is 0 Å². The SMILES string of the molecule is Cc1ccc(S(=O)(=O)N2CCc3cc(C(=O)NCc4cccc(C)c4)ccc32)cc1. The Hall–Kier alpha value is -3.12. The molecule has 1 N–H and O–H groups in total. The maximum absolute atomic E-state index is 13.1. The Labute approximate surface area is 177 Å². The molecule has 154 valence electrons. The van der Waals surface area contributed by atoms with Crippen LogP contribution >= 0.6 is 0 Å². The molecule has 0 unspecified atom stereocenters. The number of carbonyl (C=O) groups excluding carboxylic acids is 1. The van der Waals surface area contributed by atoms with Crippen LogP contribution < -0.4 is 9.62 Å². The Morgan fingerprint density at radius 1 is 0.967 bits per heavy atom. The minimum Gasteiger partial charge on any atom is -0.348 e. The molecule has 0 fully saturated rings. The van der Waals surface area contributed by atoms with Gasteiger partial charge in [0, 0.05) is 18.7 Å². The van der Waals surface area contributed by atoms with E-state index in [2.05, 4.69) is 5.32 Å². The molecular weight excluding hydrogens is 396 g/mol. The molecule has 3 aromatic carbocycles. The Morgan fingerprint density at radius 3 is 2.47 bits per heavy atom. The number of fused-ring (bicyclic) bond motifs is 1. The van der Waals surface area contributed by atoms with Crippen LogP contribution in [0.5, 0.6) is 0 Å². The van der Waals surface area contributed by atoms with Crippen LogP contribution in [0.1, 0.15) is 32.6 Å². The van der Waals surface area contributed by atoms with E-state index >= 15 is 0 Å². The lowest BCUT2D eigenvalue weighted by Gasteiger charge is -2.20. The van der Waals surface area contributed by atoms with Gasteiger partial charge >= 0.3 is 0 Å². The Morgan fingerprint density at radius 2 is 1.73 bits per heavy atom. The van der Waals surface area contributed by atoms with Crippen LogP contribution in [0.4, 0.5) is 5.69 Å². The number of rotatable bonds is 5. The van der Waals surface area contributed by atoms with Gasteiger partial charge in [0.1, 0.15) is 0 Å². The maximum atomic E-state index is 13.1. The number of benzene rings is 3. The number of anilines is 1. The van der Waals surface area contributed by atoms with Gasteiger partial charge in [-0.15, -0.1) is 0 Å². The monoisotopic (exact) mass is 420 g/mol. The van der Waals surface area contributed by atoms with Gasteiger partial charge in [-0.2, -0.15) is 0 Å². The lowest BCUT2D eigenvalue weighted by molar-refractivity contribution is 0.0951. The molecular formula is C24H24N2O3S. The van der Waals surface area contributed by atoms with Crippen molar-refractivity contribution in [1.82, 2.24) is 5.32 Å². The molecule has 6 heteroatoms. The molecule has 0 saturated heterocycles. The van der Waals surface area contributed by atoms with Crippen molar-refractivity contribution in [1.29, 1.82) is 0 Å². The van der Waals surface area contributed by atoms with Crippen LogP contribution in [-0.2, 0) is 23.0 Å². The first-order chi connectivity index (χ1) is 14.3. The number of carbonyl (C=O) groups is 1. The van der Waals surface area contributed by atoms with E-state index in [-0.39, 0.29) is 10.8 Å². The molecule has 1 aliphatic rings. The Bertz CT molecular complexity index is 1200. The van der Waals surface area contributed by atoms with Crippen molar-refractivity contribution >= 4 is 21.6 Å². The van der Waals surface area contributed by atoms with Gasteiger partial charge in [-0.3, -0.25) is 9.10 Å². The molecule has 0 aliphatic carbocycles. The summed E-state index contributed by atoms with van der Waals surface area (Å²) in [7, 11) is -3.62. The highest BCUT2D eigenvalue weighted by Crippen LogP contribution is 2.33. The number of sulfonamides is 1. The number of nitrogens with one attached hydrogen (secondary N) is 1. The highest BCUT2D eigenvalue weighted by atomic mass is 32.2. The van der Waals surface area contributed by atoms with Gasteiger partial charge in [0.15, 0.2) is 0 Å². The molecule has 0 saturated carbocycles. The van der Waals surface area contributed by atoms with Crippen molar-refractivity contribution in [3.05, 3.63) is 94.5 Å². The maximum Gasteiger partial charge on any atom is 0.264 e. The van der Waals surface area contributed by atoms with Gasteiger partial charge in [0.25, 0.3) is 15.9 Å². The van der Waals surface area contributed by atoms with Crippen molar-refractivity contribution in [2.24, 2.45) is 0 Å². The Balaban J connectivity index is 1.52. The normalized spacial score (nSPS) is 13.2. The minimum atomic E-state index is -3.62. The van der Waals surface area contributed by atoms with Gasteiger partial charge in [-0.05, 0) is 61.7 Å². The molecule has 1 amide bonds. The summed E-state index contributed by atoms with van der Waals surface area (Å²) in [4.78, 5) is 12.9. The summed E-state index contributed by atoms with van der Waals surface area (Å²) in [5, 5.41) is 2.94. The van der Waals surface area contributed by atoms with E-state index < -0.39 is 10.0 Å². The lowest BCUT2D eigenvalue weighted by atomic mass is 10.1. The van der Waals surface area contributed by atoms with Gasteiger partial charge in [0.2, 0.25) is 0 Å². The van der Waals surface area contributed by atoms with Crippen molar-refractivity contribution in [2.45, 2.75) is 31.7 Å². The highest BCUT2D eigenvalue weighted by Gasteiger charge is 2.31. The van der Waals surface area contributed by atoms with Gasteiger partial charge in [-0.1, -0.05) is 47.5 Å². The quantitative estimate of drug-likeness (QED) is 0.679. The standard InChI is InChI=1S/C24H24N2O3S/c1-17-6-9-22(10-7-17)30(28,29)26-13-12-20-15-21(8-11-23(20)26)24(27)25-16-19-5-3-4-18(2)14-19/h3-11,14-15H,12-13,16H2,1-2H3,(H,25,27). The van der Waals surface area contributed by atoms with Crippen LogP contribution in [-0.4, -0.2) is 20.9 Å². The summed E-state index contributed by atoms with van der Waals surface area (Å²) >= 11 is 0. The van der Waals surface area contributed by atoms with E-state index in [1.165, 1.54) is 4.31 Å². The number of nitrogens with zero attached hydrogens (tertiary/aromatic N) is 1. The van der Waals surface area contributed by atoms with Crippen LogP contribution in [0.25, 0.3) is 0 Å². The second-order valence-electron chi connectivity index (χ2n) is 7.66. The number of aryl methyl sites for hydroxylation is 2. The first kappa shape index (κ1) is 20.2. The molecule has 1 heterocycles. The van der Waals surface area contributed by atoms with Gasteiger partial charge in [-0.25, -0.2) is 8.42 Å². The highest BCUT2D eigenvalue weighted by molar-refractivity contribution is 7.92. The van der Waals surface area contributed by atoms with Crippen molar-refractivity contribution in [3.63, 3.8) is 0 Å². The third-order valence-corrected chi connectivity index (χ3v) is 7.17. The van der Waals surface area contributed by atoms with E-state index in [9.17, 15) is 13.2 Å². The smallest absolute Gasteiger partial charge is 0.264 e. The van der Waals surface area contributed by atoms with Crippen LogP contribution in [0.15, 0.2) is 71.6 Å². The van der Waals surface area contributed by atoms with Crippen LogP contribution in [0.3, 0.4) is 0 Å². The second-order valence-corrected chi connectivity index (χ2v) is 9.52. The summed E-state index contributed by atoms with van der Waals surface area (Å²) in [6, 6.07) is 20.1. The molecule has 1 aliphatic heterocycles. The summed E-state index contributed by atoms with van der Waals surface area (Å²) < 4.78 is 27.6. The minimum absolute atomic E-state index is 0.167. The van der Waals surface area contributed by atoms with Crippen molar-refractivity contribution in [2.75, 3.05) is 10.8 Å².